The van der Waals surface area contributed by atoms with Crippen LogP contribution in [-0.4, -0.2) is 29.8 Å². The number of para-hydroxylation sites is 1. The Labute approximate surface area is 169 Å². The van der Waals surface area contributed by atoms with Crippen molar-refractivity contribution in [3.8, 4) is 0 Å². The van der Waals surface area contributed by atoms with E-state index in [9.17, 15) is 14.0 Å². The Kier molecular flexibility index (Phi) is 6.65. The summed E-state index contributed by atoms with van der Waals surface area (Å²) < 4.78 is 18.9. The molecule has 2 amide bonds. The normalized spacial score (nSPS) is 10.9. The Hall–Kier alpha value is -3.15. The first-order valence-electron chi connectivity index (χ1n) is 9.88. The molecule has 0 aliphatic heterocycles. The number of hydrogen-bond donors (Lipinski definition) is 1. The van der Waals surface area contributed by atoms with Gasteiger partial charge in [0.05, 0.1) is 6.42 Å². The van der Waals surface area contributed by atoms with Gasteiger partial charge in [-0.1, -0.05) is 38.1 Å². The first kappa shape index (κ1) is 20.6. The van der Waals surface area contributed by atoms with Gasteiger partial charge < -0.3 is 14.6 Å². The smallest absolute Gasteiger partial charge is 0.291 e. The number of anilines is 1. The molecule has 1 N–H and O–H groups in total. The summed E-state index contributed by atoms with van der Waals surface area (Å²) in [5, 5.41) is 3.52. The summed E-state index contributed by atoms with van der Waals surface area (Å²) in [7, 11) is 0. The molecular weight excluding hydrogens is 371 g/mol. The molecule has 0 saturated heterocycles. The first-order chi connectivity index (χ1) is 14.0. The zero-order valence-electron chi connectivity index (χ0n) is 16.7. The number of carbonyl (C=O) groups is 2. The number of carbonyl (C=O) groups excluding carboxylic acids is 2. The number of hydrogen-bond acceptors (Lipinski definition) is 3. The highest BCUT2D eigenvalue weighted by molar-refractivity contribution is 6.11. The third-order valence-electron chi connectivity index (χ3n) is 4.61. The van der Waals surface area contributed by atoms with Crippen molar-refractivity contribution in [2.24, 2.45) is 0 Å². The van der Waals surface area contributed by atoms with Crippen molar-refractivity contribution in [1.29, 1.82) is 0 Å². The summed E-state index contributed by atoms with van der Waals surface area (Å²) in [6.07, 6.45) is 1.73. The van der Waals surface area contributed by atoms with Gasteiger partial charge in [-0.25, -0.2) is 4.39 Å². The maximum Gasteiger partial charge on any atom is 0.291 e. The fourth-order valence-corrected chi connectivity index (χ4v) is 3.29. The van der Waals surface area contributed by atoms with Crippen LogP contribution in [0.15, 0.2) is 52.9 Å². The number of furan rings is 1. The number of rotatable bonds is 8. The first-order valence-corrected chi connectivity index (χ1v) is 9.88. The molecule has 0 fully saturated rings. The Morgan fingerprint density at radius 1 is 1.00 bits per heavy atom. The lowest BCUT2D eigenvalue weighted by atomic mass is 10.1. The van der Waals surface area contributed by atoms with E-state index in [2.05, 4.69) is 5.32 Å². The fraction of sp³-hybridized carbons (Fsp3) is 0.304. The third-order valence-corrected chi connectivity index (χ3v) is 4.61. The van der Waals surface area contributed by atoms with Crippen molar-refractivity contribution in [3.05, 3.63) is 65.7 Å². The minimum Gasteiger partial charge on any atom is -0.449 e. The topological polar surface area (TPSA) is 62.6 Å². The van der Waals surface area contributed by atoms with E-state index < -0.39 is 0 Å². The van der Waals surface area contributed by atoms with Gasteiger partial charge in [0.15, 0.2) is 0 Å². The summed E-state index contributed by atoms with van der Waals surface area (Å²) >= 11 is 0. The van der Waals surface area contributed by atoms with Crippen LogP contribution in [0, 0.1) is 5.82 Å². The molecule has 3 rings (SSSR count). The predicted octanol–water partition coefficient (Wildman–Crippen LogP) is 5.02. The van der Waals surface area contributed by atoms with Crippen LogP contribution >= 0.6 is 0 Å². The second kappa shape index (κ2) is 9.37. The van der Waals surface area contributed by atoms with Crippen LogP contribution in [0.5, 0.6) is 0 Å². The lowest BCUT2D eigenvalue weighted by Crippen LogP contribution is -2.33. The van der Waals surface area contributed by atoms with E-state index in [-0.39, 0.29) is 29.8 Å². The van der Waals surface area contributed by atoms with Crippen molar-refractivity contribution in [1.82, 2.24) is 4.90 Å². The molecule has 3 aromatic rings. The summed E-state index contributed by atoms with van der Waals surface area (Å²) in [6, 6.07) is 13.0. The monoisotopic (exact) mass is 396 g/mol. The average Bonchev–Trinajstić information content (AvgIpc) is 3.07. The number of benzene rings is 2. The van der Waals surface area contributed by atoms with Crippen molar-refractivity contribution < 1.29 is 18.4 Å². The standard InChI is InChI=1S/C23H25FN2O3/c1-3-13-26(14-4-2)23(28)22-21(18-7-5-6-8-19(18)29-22)25-20(27)15-16-9-11-17(24)12-10-16/h5-12H,3-4,13-15H2,1-2H3,(H,25,27). The second-order valence-electron chi connectivity index (χ2n) is 6.95. The van der Waals surface area contributed by atoms with E-state index in [1.54, 1.807) is 23.1 Å². The minimum atomic E-state index is -0.352. The number of halogens is 1. The van der Waals surface area contributed by atoms with Gasteiger partial charge in [0.1, 0.15) is 17.1 Å². The van der Waals surface area contributed by atoms with Gasteiger partial charge in [-0.2, -0.15) is 0 Å². The van der Waals surface area contributed by atoms with Crippen LogP contribution in [0.3, 0.4) is 0 Å². The lowest BCUT2D eigenvalue weighted by molar-refractivity contribution is -0.115. The molecule has 5 nitrogen and oxygen atoms in total. The maximum absolute atomic E-state index is 13.1. The Morgan fingerprint density at radius 3 is 2.31 bits per heavy atom. The van der Waals surface area contributed by atoms with E-state index in [1.165, 1.54) is 12.1 Å². The molecule has 0 aliphatic rings. The maximum atomic E-state index is 13.1. The molecule has 1 aromatic heterocycles. The Morgan fingerprint density at radius 2 is 1.66 bits per heavy atom. The van der Waals surface area contributed by atoms with Crippen LogP contribution in [0.2, 0.25) is 0 Å². The average molecular weight is 396 g/mol. The van der Waals surface area contributed by atoms with Crippen molar-refractivity contribution >= 4 is 28.5 Å². The molecule has 29 heavy (non-hydrogen) atoms. The quantitative estimate of drug-likeness (QED) is 0.582. The zero-order chi connectivity index (χ0) is 20.8. The summed E-state index contributed by atoms with van der Waals surface area (Å²) in [4.78, 5) is 27.5. The summed E-state index contributed by atoms with van der Waals surface area (Å²) in [6.45, 7) is 5.26. The van der Waals surface area contributed by atoms with E-state index in [0.29, 0.717) is 35.3 Å². The minimum absolute atomic E-state index is 0.0705. The molecule has 0 radical (unpaired) electrons. The van der Waals surface area contributed by atoms with E-state index in [0.717, 1.165) is 12.8 Å². The molecule has 152 valence electrons. The second-order valence-corrected chi connectivity index (χ2v) is 6.95. The number of nitrogens with one attached hydrogen (secondary N) is 1. The van der Waals surface area contributed by atoms with Crippen molar-refractivity contribution in [2.45, 2.75) is 33.1 Å². The Balaban J connectivity index is 1.91. The van der Waals surface area contributed by atoms with E-state index >= 15 is 0 Å². The highest BCUT2D eigenvalue weighted by Gasteiger charge is 2.25. The molecule has 2 aromatic carbocycles. The third kappa shape index (κ3) is 4.83. The van der Waals surface area contributed by atoms with Crippen LogP contribution in [-0.2, 0) is 11.2 Å². The van der Waals surface area contributed by atoms with Gasteiger partial charge in [0.25, 0.3) is 5.91 Å². The lowest BCUT2D eigenvalue weighted by Gasteiger charge is -2.20. The molecular formula is C23H25FN2O3. The van der Waals surface area contributed by atoms with Crippen LogP contribution in [0.25, 0.3) is 11.0 Å². The SMILES string of the molecule is CCCN(CCC)C(=O)c1oc2ccccc2c1NC(=O)Cc1ccc(F)cc1. The van der Waals surface area contributed by atoms with Crippen LogP contribution < -0.4 is 5.32 Å². The molecule has 0 aliphatic carbocycles. The van der Waals surface area contributed by atoms with Gasteiger partial charge in [0, 0.05) is 18.5 Å². The molecule has 1 heterocycles. The molecule has 0 saturated carbocycles. The van der Waals surface area contributed by atoms with Crippen LogP contribution in [0.1, 0.15) is 42.8 Å². The highest BCUT2D eigenvalue weighted by atomic mass is 19.1. The van der Waals surface area contributed by atoms with Gasteiger partial charge >= 0.3 is 0 Å². The predicted molar refractivity (Wildman–Crippen MR) is 111 cm³/mol. The summed E-state index contributed by atoms with van der Waals surface area (Å²) in [5.74, 6) is -0.743. The zero-order valence-corrected chi connectivity index (χ0v) is 16.7. The van der Waals surface area contributed by atoms with Gasteiger partial charge in [-0.05, 0) is 42.7 Å². The molecule has 0 spiro atoms. The highest BCUT2D eigenvalue weighted by Crippen LogP contribution is 2.32. The van der Waals surface area contributed by atoms with Crippen molar-refractivity contribution in [3.63, 3.8) is 0 Å². The largest absolute Gasteiger partial charge is 0.449 e. The van der Waals surface area contributed by atoms with Crippen LogP contribution in [0.4, 0.5) is 10.1 Å². The van der Waals surface area contributed by atoms with Gasteiger partial charge in [0.2, 0.25) is 11.7 Å². The molecule has 0 atom stereocenters. The van der Waals surface area contributed by atoms with Crippen molar-refractivity contribution in [2.75, 3.05) is 18.4 Å². The van der Waals surface area contributed by atoms with Gasteiger partial charge in [-0.3, -0.25) is 9.59 Å². The Bertz CT molecular complexity index is 989. The molecule has 6 heteroatoms. The fourth-order valence-electron chi connectivity index (χ4n) is 3.29. The van der Waals surface area contributed by atoms with E-state index in [1.807, 2.05) is 32.0 Å². The van der Waals surface area contributed by atoms with Gasteiger partial charge in [-0.15, -0.1) is 0 Å². The molecule has 0 bridgehead atoms. The number of nitrogens with zero attached hydrogens (tertiary/aromatic N) is 1. The summed E-state index contributed by atoms with van der Waals surface area (Å²) in [5.41, 5.74) is 1.61. The number of amides is 2. The number of fused-ring (bicyclic) bond motifs is 1. The van der Waals surface area contributed by atoms with E-state index in [4.69, 9.17) is 4.42 Å². The molecule has 0 unspecified atom stereocenters.